The van der Waals surface area contributed by atoms with Crippen molar-refractivity contribution < 1.29 is 14.3 Å². The molecule has 0 unspecified atom stereocenters. The van der Waals surface area contributed by atoms with E-state index in [1.165, 1.54) is 6.07 Å². The molecule has 0 aromatic heterocycles. The number of nitrogens with one attached hydrogen (secondary N) is 3. The first-order valence-corrected chi connectivity index (χ1v) is 7.50. The predicted octanol–water partition coefficient (Wildman–Crippen LogP) is 1.55. The average Bonchev–Trinajstić information content (AvgIpc) is 2.58. The number of nitrogens with zero attached hydrogens (tertiary/aromatic N) is 1. The Balaban J connectivity index is 2.08. The molecular weight excluding hydrogens is 335 g/mol. The molecule has 2 rings (SSSR count). The van der Waals surface area contributed by atoms with Crippen LogP contribution in [0.5, 0.6) is 0 Å². The van der Waals surface area contributed by atoms with Gasteiger partial charge in [-0.05, 0) is 23.3 Å². The molecule has 1 aliphatic heterocycles. The molecule has 24 heavy (non-hydrogen) atoms. The highest BCUT2D eigenvalue weighted by Gasteiger charge is 2.14. The second-order valence-corrected chi connectivity index (χ2v) is 5.34. The van der Waals surface area contributed by atoms with E-state index in [1.807, 2.05) is 0 Å². The fourth-order valence-corrected chi connectivity index (χ4v) is 2.22. The van der Waals surface area contributed by atoms with E-state index in [4.69, 9.17) is 22.1 Å². The summed E-state index contributed by atoms with van der Waals surface area (Å²) in [6.45, 7) is -0.0904. The van der Waals surface area contributed by atoms with Gasteiger partial charge in [-0.2, -0.15) is 0 Å². The van der Waals surface area contributed by atoms with Gasteiger partial charge in [0.1, 0.15) is 11.6 Å². The van der Waals surface area contributed by atoms with Crippen molar-refractivity contribution in [3.8, 4) is 0 Å². The average molecular weight is 351 g/mol. The number of benzene rings is 1. The summed E-state index contributed by atoms with van der Waals surface area (Å²) < 4.78 is 13.2. The molecule has 1 amide bonds. The van der Waals surface area contributed by atoms with Crippen molar-refractivity contribution in [2.45, 2.75) is 6.42 Å². The van der Waals surface area contributed by atoms with Crippen molar-refractivity contribution in [3.63, 3.8) is 0 Å². The van der Waals surface area contributed by atoms with Gasteiger partial charge < -0.3 is 21.1 Å². The number of hydrogen-bond donors (Lipinski definition) is 4. The Labute approximate surface area is 143 Å². The minimum Gasteiger partial charge on any atom is -0.395 e. The van der Waals surface area contributed by atoms with Gasteiger partial charge in [0.25, 0.3) is 5.91 Å². The van der Waals surface area contributed by atoms with Crippen molar-refractivity contribution in [1.82, 2.24) is 10.6 Å². The Kier molecular flexibility index (Phi) is 6.22. The molecule has 1 aromatic carbocycles. The third-order valence-corrected chi connectivity index (χ3v) is 3.48. The molecule has 126 valence electrons. The van der Waals surface area contributed by atoms with Gasteiger partial charge in [0.15, 0.2) is 0 Å². The van der Waals surface area contributed by atoms with Crippen LogP contribution in [0.4, 0.5) is 4.39 Å². The molecule has 8 heteroatoms. The first-order valence-electron chi connectivity index (χ1n) is 7.12. The van der Waals surface area contributed by atoms with E-state index in [0.29, 0.717) is 6.42 Å². The summed E-state index contributed by atoms with van der Waals surface area (Å²) in [5, 5.41) is 21.4. The maximum absolute atomic E-state index is 13.2. The molecule has 0 saturated carbocycles. The van der Waals surface area contributed by atoms with Crippen molar-refractivity contribution in [2.24, 2.45) is 4.99 Å². The number of aliphatic hydroxyl groups excluding tert-OH is 1. The van der Waals surface area contributed by atoms with E-state index >= 15 is 0 Å². The van der Waals surface area contributed by atoms with Gasteiger partial charge in [-0.15, -0.1) is 0 Å². The molecule has 0 saturated heterocycles. The largest absolute Gasteiger partial charge is 0.395 e. The fourth-order valence-electron chi connectivity index (χ4n) is 2.02. The highest BCUT2D eigenvalue weighted by molar-refractivity contribution is 6.30. The Morgan fingerprint density at radius 2 is 2.29 bits per heavy atom. The molecule has 0 aliphatic carbocycles. The summed E-state index contributed by atoms with van der Waals surface area (Å²) in [5.74, 6) is -0.734. The standard InChI is InChI=1S/C16H16ClFN4O2/c17-13-6-10(1-2-14(13)18)5-11-8-21-15(22-9-11)12(7-19)16(24)20-3-4-23/h1-2,6-9,19,21,23H,3-5H2,(H,20,24)/b15-12-,19-7?. The van der Waals surface area contributed by atoms with Crippen LogP contribution in [0.1, 0.15) is 5.56 Å². The van der Waals surface area contributed by atoms with Crippen LogP contribution in [0.2, 0.25) is 5.02 Å². The molecule has 4 N–H and O–H groups in total. The summed E-state index contributed by atoms with van der Waals surface area (Å²) in [4.78, 5) is 16.0. The van der Waals surface area contributed by atoms with Gasteiger partial charge in [-0.1, -0.05) is 17.7 Å². The van der Waals surface area contributed by atoms with Gasteiger partial charge >= 0.3 is 0 Å². The topological polar surface area (TPSA) is 97.6 Å². The van der Waals surface area contributed by atoms with Crippen LogP contribution < -0.4 is 10.6 Å². The third kappa shape index (κ3) is 4.50. The molecule has 1 aliphatic rings. The van der Waals surface area contributed by atoms with Crippen LogP contribution in [0.25, 0.3) is 0 Å². The highest BCUT2D eigenvalue weighted by atomic mass is 35.5. The number of hydrogen-bond acceptors (Lipinski definition) is 5. The van der Waals surface area contributed by atoms with Crippen molar-refractivity contribution >= 4 is 29.9 Å². The number of carbonyl (C=O) groups is 1. The van der Waals surface area contributed by atoms with E-state index < -0.39 is 11.7 Å². The van der Waals surface area contributed by atoms with E-state index in [-0.39, 0.29) is 29.6 Å². The molecule has 1 aromatic rings. The summed E-state index contributed by atoms with van der Waals surface area (Å²) in [6, 6.07) is 4.48. The smallest absolute Gasteiger partial charge is 0.256 e. The number of carbonyl (C=O) groups excluding carboxylic acids is 1. The molecule has 6 nitrogen and oxygen atoms in total. The summed E-state index contributed by atoms with van der Waals surface area (Å²) >= 11 is 5.75. The second kappa shape index (κ2) is 8.37. The van der Waals surface area contributed by atoms with Crippen molar-refractivity contribution in [3.05, 3.63) is 57.8 Å². The van der Waals surface area contributed by atoms with E-state index in [9.17, 15) is 9.18 Å². The second-order valence-electron chi connectivity index (χ2n) is 4.93. The molecule has 0 fully saturated rings. The maximum Gasteiger partial charge on any atom is 0.256 e. The third-order valence-electron chi connectivity index (χ3n) is 3.19. The van der Waals surface area contributed by atoms with E-state index in [1.54, 1.807) is 24.5 Å². The van der Waals surface area contributed by atoms with Crippen LogP contribution in [0, 0.1) is 11.2 Å². The van der Waals surface area contributed by atoms with Gasteiger partial charge in [0, 0.05) is 31.6 Å². The lowest BCUT2D eigenvalue weighted by molar-refractivity contribution is -0.117. The lowest BCUT2D eigenvalue weighted by Crippen LogP contribution is -2.30. The zero-order valence-electron chi connectivity index (χ0n) is 12.6. The number of amides is 1. The Morgan fingerprint density at radius 3 is 2.88 bits per heavy atom. The van der Waals surface area contributed by atoms with Gasteiger partial charge in [-0.3, -0.25) is 4.79 Å². The quantitative estimate of drug-likeness (QED) is 0.463. The molecule has 1 heterocycles. The number of aliphatic imine (C=N–C) groups is 1. The van der Waals surface area contributed by atoms with Crippen LogP contribution in [0.15, 0.2) is 46.4 Å². The monoisotopic (exact) mass is 350 g/mol. The van der Waals surface area contributed by atoms with E-state index in [2.05, 4.69) is 15.6 Å². The van der Waals surface area contributed by atoms with Crippen LogP contribution in [-0.4, -0.2) is 36.6 Å². The molecular formula is C16H16ClFN4O2. The molecule has 0 atom stereocenters. The maximum atomic E-state index is 13.2. The summed E-state index contributed by atoms with van der Waals surface area (Å²) in [5.41, 5.74) is 1.68. The fraction of sp³-hybridized carbons (Fsp3) is 0.188. The Bertz CT molecular complexity index is 744. The number of halogens is 2. The summed E-state index contributed by atoms with van der Waals surface area (Å²) in [7, 11) is 0. The normalized spacial score (nSPS) is 15.4. The first-order chi connectivity index (χ1) is 11.5. The van der Waals surface area contributed by atoms with Crippen molar-refractivity contribution in [2.75, 3.05) is 13.2 Å². The van der Waals surface area contributed by atoms with Crippen LogP contribution in [0.3, 0.4) is 0 Å². The first kappa shape index (κ1) is 17.8. The predicted molar refractivity (Wildman–Crippen MR) is 90.7 cm³/mol. The van der Waals surface area contributed by atoms with E-state index in [0.717, 1.165) is 17.4 Å². The SMILES string of the molecule is N=C/C(C(=O)NCCO)=C1/N=CC(Cc2ccc(F)c(Cl)c2)=CN1. The minimum atomic E-state index is -0.499. The van der Waals surface area contributed by atoms with Crippen LogP contribution >= 0.6 is 11.6 Å². The zero-order chi connectivity index (χ0) is 17.5. The zero-order valence-corrected chi connectivity index (χ0v) is 13.4. The molecule has 0 spiro atoms. The lowest BCUT2D eigenvalue weighted by atomic mass is 10.1. The number of allylic oxidation sites excluding steroid dienone is 1. The highest BCUT2D eigenvalue weighted by Crippen LogP contribution is 2.18. The Hall–Kier alpha value is -2.51. The lowest BCUT2D eigenvalue weighted by Gasteiger charge is -2.14. The van der Waals surface area contributed by atoms with Crippen LogP contribution in [-0.2, 0) is 11.2 Å². The number of aliphatic hydroxyl groups is 1. The number of rotatable bonds is 6. The molecule has 0 radical (unpaired) electrons. The van der Waals surface area contributed by atoms with Gasteiger partial charge in [-0.25, -0.2) is 9.38 Å². The van der Waals surface area contributed by atoms with Crippen molar-refractivity contribution in [1.29, 1.82) is 5.41 Å². The van der Waals surface area contributed by atoms with Gasteiger partial charge in [0.05, 0.1) is 17.2 Å². The molecule has 0 bridgehead atoms. The Morgan fingerprint density at radius 1 is 1.50 bits per heavy atom. The van der Waals surface area contributed by atoms with Gasteiger partial charge in [0.2, 0.25) is 0 Å². The summed E-state index contributed by atoms with van der Waals surface area (Å²) in [6.07, 6.45) is 4.60. The minimum absolute atomic E-state index is 0.0554.